The molecule has 1 aliphatic heterocycles. The highest BCUT2D eigenvalue weighted by molar-refractivity contribution is 14.0. The normalized spacial score (nSPS) is 16.0. The van der Waals surface area contributed by atoms with Crippen LogP contribution in [-0.2, 0) is 22.6 Å². The summed E-state index contributed by atoms with van der Waals surface area (Å²) in [6.45, 7) is 3.05. The molecule has 0 aliphatic carbocycles. The summed E-state index contributed by atoms with van der Waals surface area (Å²) in [6.07, 6.45) is 2.34. The average molecular weight is 419 g/mol. The van der Waals surface area contributed by atoms with Gasteiger partial charge in [-0.05, 0) is 24.0 Å². The van der Waals surface area contributed by atoms with E-state index in [1.807, 2.05) is 7.05 Å². The first-order valence-electron chi connectivity index (χ1n) is 7.47. The zero-order valence-corrected chi connectivity index (χ0v) is 15.6. The van der Waals surface area contributed by atoms with Crippen molar-refractivity contribution in [2.45, 2.75) is 32.1 Å². The van der Waals surface area contributed by atoms with Crippen molar-refractivity contribution in [3.8, 4) is 0 Å². The Balaban J connectivity index is 0.00000242. The Labute approximate surface area is 149 Å². The van der Waals surface area contributed by atoms with Crippen LogP contribution in [0.1, 0.15) is 24.0 Å². The summed E-state index contributed by atoms with van der Waals surface area (Å²) in [7, 11) is 3.62. The fourth-order valence-electron chi connectivity index (χ4n) is 2.35. The Morgan fingerprint density at radius 1 is 1.32 bits per heavy atom. The number of rotatable bonds is 5. The standard InChI is InChI=1S/C16H25N3O2.HI/c1-17-16(18-2)19-11-13-4-3-5-14(10-13)12-21-15-6-8-20-9-7-15;/h3-5,10,15H,6-9,11-12H2,1-2H3,(H2,17,18,19);1H. The zero-order valence-electron chi connectivity index (χ0n) is 13.3. The minimum absolute atomic E-state index is 0. The van der Waals surface area contributed by atoms with Crippen LogP contribution >= 0.6 is 24.0 Å². The van der Waals surface area contributed by atoms with Gasteiger partial charge >= 0.3 is 0 Å². The van der Waals surface area contributed by atoms with Crippen LogP contribution in [0.15, 0.2) is 29.3 Å². The van der Waals surface area contributed by atoms with E-state index < -0.39 is 0 Å². The number of guanidine groups is 1. The van der Waals surface area contributed by atoms with Gasteiger partial charge in [-0.1, -0.05) is 24.3 Å². The first kappa shape index (κ1) is 19.2. The number of hydrogen-bond donors (Lipinski definition) is 2. The molecule has 0 aromatic heterocycles. The highest BCUT2D eigenvalue weighted by atomic mass is 127. The van der Waals surface area contributed by atoms with Gasteiger partial charge < -0.3 is 20.1 Å². The molecule has 1 aromatic rings. The molecule has 22 heavy (non-hydrogen) atoms. The van der Waals surface area contributed by atoms with E-state index in [9.17, 15) is 0 Å². The number of halogens is 1. The number of ether oxygens (including phenoxy) is 2. The molecule has 0 unspecified atom stereocenters. The van der Waals surface area contributed by atoms with Crippen molar-refractivity contribution in [2.24, 2.45) is 4.99 Å². The van der Waals surface area contributed by atoms with Gasteiger partial charge in [-0.15, -0.1) is 24.0 Å². The number of aliphatic imine (C=N–C) groups is 1. The molecule has 124 valence electrons. The minimum atomic E-state index is 0. The molecule has 6 heteroatoms. The molecule has 0 atom stereocenters. The highest BCUT2D eigenvalue weighted by Crippen LogP contribution is 2.14. The predicted octanol–water partition coefficient (Wildman–Crippen LogP) is 2.30. The van der Waals surface area contributed by atoms with E-state index in [-0.39, 0.29) is 24.0 Å². The van der Waals surface area contributed by atoms with Crippen LogP contribution in [-0.4, -0.2) is 39.4 Å². The first-order valence-corrected chi connectivity index (χ1v) is 7.47. The number of hydrogen-bond acceptors (Lipinski definition) is 3. The van der Waals surface area contributed by atoms with Gasteiger partial charge in [0, 0.05) is 33.9 Å². The second kappa shape index (κ2) is 10.8. The molecule has 0 spiro atoms. The van der Waals surface area contributed by atoms with Crippen molar-refractivity contribution < 1.29 is 9.47 Å². The molecule has 5 nitrogen and oxygen atoms in total. The van der Waals surface area contributed by atoms with Crippen LogP contribution in [0.2, 0.25) is 0 Å². The van der Waals surface area contributed by atoms with Crippen molar-refractivity contribution >= 4 is 29.9 Å². The summed E-state index contributed by atoms with van der Waals surface area (Å²) < 4.78 is 11.3. The second-order valence-electron chi connectivity index (χ2n) is 5.12. The summed E-state index contributed by atoms with van der Waals surface area (Å²) >= 11 is 0. The summed E-state index contributed by atoms with van der Waals surface area (Å²) in [4.78, 5) is 4.10. The third kappa shape index (κ3) is 6.50. The largest absolute Gasteiger partial charge is 0.381 e. The van der Waals surface area contributed by atoms with E-state index in [4.69, 9.17) is 9.47 Å². The summed E-state index contributed by atoms with van der Waals surface area (Å²) in [5.74, 6) is 0.791. The fourth-order valence-corrected chi connectivity index (χ4v) is 2.35. The van der Waals surface area contributed by atoms with Crippen LogP contribution in [0, 0.1) is 0 Å². The van der Waals surface area contributed by atoms with E-state index in [1.165, 1.54) is 11.1 Å². The molecule has 0 amide bonds. The number of nitrogens with one attached hydrogen (secondary N) is 2. The van der Waals surface area contributed by atoms with Crippen molar-refractivity contribution in [1.82, 2.24) is 10.6 Å². The Hall–Kier alpha value is -0.860. The van der Waals surface area contributed by atoms with Crippen molar-refractivity contribution in [1.29, 1.82) is 0 Å². The molecule has 1 fully saturated rings. The molecule has 2 N–H and O–H groups in total. The molecular formula is C16H26IN3O2. The molecule has 1 aromatic carbocycles. The maximum atomic E-state index is 5.96. The predicted molar refractivity (Wildman–Crippen MR) is 99.7 cm³/mol. The lowest BCUT2D eigenvalue weighted by atomic mass is 10.1. The first-order chi connectivity index (χ1) is 10.3. The Morgan fingerprint density at radius 3 is 2.73 bits per heavy atom. The van der Waals surface area contributed by atoms with Crippen molar-refractivity contribution in [3.63, 3.8) is 0 Å². The van der Waals surface area contributed by atoms with E-state index in [1.54, 1.807) is 7.05 Å². The fraction of sp³-hybridized carbons (Fsp3) is 0.562. The van der Waals surface area contributed by atoms with Crippen molar-refractivity contribution in [2.75, 3.05) is 27.3 Å². The molecule has 1 heterocycles. The zero-order chi connectivity index (χ0) is 14.9. The molecular weight excluding hydrogens is 393 g/mol. The topological polar surface area (TPSA) is 54.9 Å². The van der Waals surface area contributed by atoms with E-state index >= 15 is 0 Å². The highest BCUT2D eigenvalue weighted by Gasteiger charge is 2.13. The average Bonchev–Trinajstić information content (AvgIpc) is 2.55. The van der Waals surface area contributed by atoms with Gasteiger partial charge in [-0.3, -0.25) is 4.99 Å². The molecule has 2 rings (SSSR count). The molecule has 0 radical (unpaired) electrons. The quantitative estimate of drug-likeness (QED) is 0.437. The molecule has 1 saturated heterocycles. The van der Waals surface area contributed by atoms with Crippen LogP contribution in [0.4, 0.5) is 0 Å². The Morgan fingerprint density at radius 2 is 2.05 bits per heavy atom. The maximum Gasteiger partial charge on any atom is 0.190 e. The van der Waals surface area contributed by atoms with Gasteiger partial charge in [0.1, 0.15) is 0 Å². The van der Waals surface area contributed by atoms with Gasteiger partial charge in [0.25, 0.3) is 0 Å². The number of benzene rings is 1. The van der Waals surface area contributed by atoms with Crippen LogP contribution in [0.3, 0.4) is 0 Å². The lowest BCUT2D eigenvalue weighted by molar-refractivity contribution is -0.0390. The molecule has 1 aliphatic rings. The minimum Gasteiger partial charge on any atom is -0.381 e. The van der Waals surface area contributed by atoms with Gasteiger partial charge in [-0.25, -0.2) is 0 Å². The third-order valence-corrected chi connectivity index (χ3v) is 3.57. The lowest BCUT2D eigenvalue weighted by Gasteiger charge is -2.22. The van der Waals surface area contributed by atoms with Crippen LogP contribution in [0.5, 0.6) is 0 Å². The SMILES string of the molecule is CN=C(NC)NCc1cccc(COC2CCOCC2)c1.I. The lowest BCUT2D eigenvalue weighted by Crippen LogP contribution is -2.34. The van der Waals surface area contributed by atoms with Crippen molar-refractivity contribution in [3.05, 3.63) is 35.4 Å². The molecule has 0 bridgehead atoms. The van der Waals surface area contributed by atoms with E-state index in [0.29, 0.717) is 12.7 Å². The van der Waals surface area contributed by atoms with Crippen LogP contribution < -0.4 is 10.6 Å². The summed E-state index contributed by atoms with van der Waals surface area (Å²) in [5, 5.41) is 6.26. The monoisotopic (exact) mass is 419 g/mol. The molecule has 0 saturated carbocycles. The Bertz CT molecular complexity index is 462. The van der Waals surface area contributed by atoms with E-state index in [2.05, 4.69) is 39.9 Å². The van der Waals surface area contributed by atoms with E-state index in [0.717, 1.165) is 38.6 Å². The van der Waals surface area contributed by atoms with Crippen LogP contribution in [0.25, 0.3) is 0 Å². The van der Waals surface area contributed by atoms with Gasteiger partial charge in [-0.2, -0.15) is 0 Å². The maximum absolute atomic E-state index is 5.96. The third-order valence-electron chi connectivity index (χ3n) is 3.57. The van der Waals surface area contributed by atoms with Gasteiger partial charge in [0.05, 0.1) is 12.7 Å². The number of nitrogens with zero attached hydrogens (tertiary/aromatic N) is 1. The summed E-state index contributed by atoms with van der Waals surface area (Å²) in [5.41, 5.74) is 2.43. The smallest absolute Gasteiger partial charge is 0.190 e. The second-order valence-corrected chi connectivity index (χ2v) is 5.12. The summed E-state index contributed by atoms with van der Waals surface area (Å²) in [6, 6.07) is 8.46. The Kier molecular flexibility index (Phi) is 9.42. The van der Waals surface area contributed by atoms with Gasteiger partial charge in [0.2, 0.25) is 0 Å². The van der Waals surface area contributed by atoms with Gasteiger partial charge in [0.15, 0.2) is 5.96 Å².